The van der Waals surface area contributed by atoms with E-state index >= 15 is 0 Å². The smallest absolute Gasteiger partial charge is 0.341 e. The van der Waals surface area contributed by atoms with E-state index in [1.165, 1.54) is 0 Å². The molecule has 1 heterocycles. The third-order valence-electron chi connectivity index (χ3n) is 3.74. The lowest BCUT2D eigenvalue weighted by molar-refractivity contribution is 0.0294. The molecule has 21 heavy (non-hydrogen) atoms. The summed E-state index contributed by atoms with van der Waals surface area (Å²) in [5, 5.41) is 4.89. The van der Waals surface area contributed by atoms with Gasteiger partial charge in [0.05, 0.1) is 18.3 Å². The highest BCUT2D eigenvalue weighted by Gasteiger charge is 2.31. The standard InChI is InChI=1S/C16H17ClN2O2/c1-11(12-6-7-12)21-16(20)14-8-18-19(10-14)9-13-4-2-3-5-15(13)17/h2-5,8,10-12H,6-7,9H2,1H3/t11-/m1/s1. The van der Waals surface area contributed by atoms with E-state index in [1.54, 1.807) is 17.1 Å². The number of rotatable bonds is 5. The van der Waals surface area contributed by atoms with E-state index in [9.17, 15) is 4.79 Å². The quantitative estimate of drug-likeness (QED) is 0.794. The van der Waals surface area contributed by atoms with E-state index < -0.39 is 0 Å². The second kappa shape index (κ2) is 5.90. The van der Waals surface area contributed by atoms with Gasteiger partial charge in [0.15, 0.2) is 0 Å². The molecule has 0 unspecified atom stereocenters. The molecule has 0 spiro atoms. The van der Waals surface area contributed by atoms with Crippen molar-refractivity contribution in [1.29, 1.82) is 0 Å². The second-order valence-electron chi connectivity index (χ2n) is 5.47. The molecule has 0 saturated heterocycles. The Morgan fingerprint density at radius 3 is 2.95 bits per heavy atom. The monoisotopic (exact) mass is 304 g/mol. The van der Waals surface area contributed by atoms with Gasteiger partial charge in [-0.25, -0.2) is 4.79 Å². The van der Waals surface area contributed by atoms with E-state index in [4.69, 9.17) is 16.3 Å². The van der Waals surface area contributed by atoms with E-state index in [-0.39, 0.29) is 12.1 Å². The minimum Gasteiger partial charge on any atom is -0.459 e. The van der Waals surface area contributed by atoms with Crippen LogP contribution in [0.5, 0.6) is 0 Å². The molecule has 0 aliphatic heterocycles. The van der Waals surface area contributed by atoms with Crippen molar-refractivity contribution < 1.29 is 9.53 Å². The molecule has 110 valence electrons. The number of aromatic nitrogens is 2. The number of carbonyl (C=O) groups excluding carboxylic acids is 1. The van der Waals surface area contributed by atoms with Crippen molar-refractivity contribution in [1.82, 2.24) is 9.78 Å². The zero-order chi connectivity index (χ0) is 14.8. The maximum Gasteiger partial charge on any atom is 0.341 e. The van der Waals surface area contributed by atoms with E-state index in [0.717, 1.165) is 18.4 Å². The highest BCUT2D eigenvalue weighted by Crippen LogP contribution is 2.34. The van der Waals surface area contributed by atoms with Crippen LogP contribution >= 0.6 is 11.6 Å². The van der Waals surface area contributed by atoms with Crippen LogP contribution in [-0.2, 0) is 11.3 Å². The molecule has 1 aromatic carbocycles. The minimum atomic E-state index is -0.306. The molecule has 1 atom stereocenters. The lowest BCUT2D eigenvalue weighted by atomic mass is 10.2. The second-order valence-corrected chi connectivity index (χ2v) is 5.87. The number of benzene rings is 1. The molecular formula is C16H17ClN2O2. The molecule has 0 amide bonds. The summed E-state index contributed by atoms with van der Waals surface area (Å²) in [4.78, 5) is 12.0. The number of ether oxygens (including phenoxy) is 1. The van der Waals surface area contributed by atoms with Crippen molar-refractivity contribution >= 4 is 17.6 Å². The van der Waals surface area contributed by atoms with Crippen LogP contribution in [0.1, 0.15) is 35.7 Å². The predicted molar refractivity (Wildman–Crippen MR) is 80.4 cm³/mol. The average molecular weight is 305 g/mol. The Morgan fingerprint density at radius 2 is 2.24 bits per heavy atom. The van der Waals surface area contributed by atoms with Crippen molar-refractivity contribution in [3.8, 4) is 0 Å². The fourth-order valence-electron chi connectivity index (χ4n) is 2.26. The first kappa shape index (κ1) is 14.1. The van der Waals surface area contributed by atoms with Gasteiger partial charge in [0, 0.05) is 11.2 Å². The van der Waals surface area contributed by atoms with Gasteiger partial charge in [-0.1, -0.05) is 29.8 Å². The number of hydrogen-bond donors (Lipinski definition) is 0. The van der Waals surface area contributed by atoms with Crippen LogP contribution in [0.15, 0.2) is 36.7 Å². The summed E-state index contributed by atoms with van der Waals surface area (Å²) in [5.74, 6) is 0.229. The van der Waals surface area contributed by atoms with Crippen LogP contribution in [0.2, 0.25) is 5.02 Å². The van der Waals surface area contributed by atoms with Crippen LogP contribution in [0.25, 0.3) is 0 Å². The Labute approximate surface area is 128 Å². The Bertz CT molecular complexity index is 649. The zero-order valence-electron chi connectivity index (χ0n) is 11.8. The van der Waals surface area contributed by atoms with Gasteiger partial charge < -0.3 is 4.74 Å². The largest absolute Gasteiger partial charge is 0.459 e. The van der Waals surface area contributed by atoms with Crippen LogP contribution in [0.4, 0.5) is 0 Å². The molecule has 5 heteroatoms. The van der Waals surface area contributed by atoms with Gasteiger partial charge in [-0.2, -0.15) is 5.10 Å². The Kier molecular flexibility index (Phi) is 3.97. The number of esters is 1. The van der Waals surface area contributed by atoms with Gasteiger partial charge in [-0.15, -0.1) is 0 Å². The maximum atomic E-state index is 12.0. The van der Waals surface area contributed by atoms with Crippen LogP contribution < -0.4 is 0 Å². The van der Waals surface area contributed by atoms with Gasteiger partial charge in [0.2, 0.25) is 0 Å². The van der Waals surface area contributed by atoms with Crippen molar-refractivity contribution in [3.63, 3.8) is 0 Å². The lowest BCUT2D eigenvalue weighted by Gasteiger charge is -2.10. The summed E-state index contributed by atoms with van der Waals surface area (Å²) < 4.78 is 7.12. The normalized spacial score (nSPS) is 15.7. The SMILES string of the molecule is C[C@@H](OC(=O)c1cnn(Cc2ccccc2Cl)c1)C1CC1. The predicted octanol–water partition coefficient (Wildman–Crippen LogP) is 3.54. The molecule has 0 bridgehead atoms. The molecule has 4 nitrogen and oxygen atoms in total. The van der Waals surface area contributed by atoms with Crippen LogP contribution in [0, 0.1) is 5.92 Å². The van der Waals surface area contributed by atoms with Crippen molar-refractivity contribution in [2.75, 3.05) is 0 Å². The van der Waals surface area contributed by atoms with E-state index in [0.29, 0.717) is 23.0 Å². The molecule has 1 saturated carbocycles. The van der Waals surface area contributed by atoms with Gasteiger partial charge in [0.1, 0.15) is 6.10 Å². The van der Waals surface area contributed by atoms with Gasteiger partial charge in [0.25, 0.3) is 0 Å². The third kappa shape index (κ3) is 3.45. The highest BCUT2D eigenvalue weighted by atomic mass is 35.5. The summed E-state index contributed by atoms with van der Waals surface area (Å²) in [6.07, 6.45) is 5.54. The summed E-state index contributed by atoms with van der Waals surface area (Å²) in [6, 6.07) is 7.60. The van der Waals surface area contributed by atoms with Crippen LogP contribution in [-0.4, -0.2) is 21.9 Å². The Hall–Kier alpha value is -1.81. The van der Waals surface area contributed by atoms with E-state index in [2.05, 4.69) is 5.10 Å². The first-order valence-corrected chi connectivity index (χ1v) is 7.48. The summed E-state index contributed by atoms with van der Waals surface area (Å²) >= 11 is 6.12. The summed E-state index contributed by atoms with van der Waals surface area (Å²) in [6.45, 7) is 2.48. The first-order chi connectivity index (χ1) is 10.1. The highest BCUT2D eigenvalue weighted by molar-refractivity contribution is 6.31. The number of halogens is 1. The molecule has 1 fully saturated rings. The molecule has 0 radical (unpaired) electrons. The molecule has 1 aliphatic carbocycles. The Balaban J connectivity index is 1.65. The minimum absolute atomic E-state index is 0.00980. The fraction of sp³-hybridized carbons (Fsp3) is 0.375. The molecular weight excluding hydrogens is 288 g/mol. The van der Waals surface area contributed by atoms with Crippen molar-refractivity contribution in [3.05, 3.63) is 52.8 Å². The summed E-state index contributed by atoms with van der Waals surface area (Å²) in [5.41, 5.74) is 1.45. The first-order valence-electron chi connectivity index (χ1n) is 7.10. The van der Waals surface area contributed by atoms with Crippen molar-refractivity contribution in [2.45, 2.75) is 32.4 Å². The van der Waals surface area contributed by atoms with Crippen molar-refractivity contribution in [2.24, 2.45) is 5.92 Å². The molecule has 3 rings (SSSR count). The van der Waals surface area contributed by atoms with Crippen LogP contribution in [0.3, 0.4) is 0 Å². The molecule has 2 aromatic rings. The topological polar surface area (TPSA) is 44.1 Å². The number of nitrogens with zero attached hydrogens (tertiary/aromatic N) is 2. The molecule has 1 aliphatic rings. The Morgan fingerprint density at radius 1 is 1.48 bits per heavy atom. The third-order valence-corrected chi connectivity index (χ3v) is 4.11. The van der Waals surface area contributed by atoms with Gasteiger partial charge >= 0.3 is 5.97 Å². The number of carbonyl (C=O) groups is 1. The van der Waals surface area contributed by atoms with Gasteiger partial charge in [-0.3, -0.25) is 4.68 Å². The molecule has 0 N–H and O–H groups in total. The number of hydrogen-bond acceptors (Lipinski definition) is 3. The van der Waals surface area contributed by atoms with E-state index in [1.807, 2.05) is 31.2 Å². The summed E-state index contributed by atoms with van der Waals surface area (Å²) in [7, 11) is 0. The average Bonchev–Trinajstić information content (AvgIpc) is 3.21. The maximum absolute atomic E-state index is 12.0. The lowest BCUT2D eigenvalue weighted by Crippen LogP contribution is -2.16. The fourth-order valence-corrected chi connectivity index (χ4v) is 2.45. The zero-order valence-corrected chi connectivity index (χ0v) is 12.6. The molecule has 1 aromatic heterocycles. The van der Waals surface area contributed by atoms with Gasteiger partial charge in [-0.05, 0) is 37.3 Å².